The van der Waals surface area contributed by atoms with Gasteiger partial charge in [0.25, 0.3) is 0 Å². The molecule has 0 aliphatic carbocycles. The highest BCUT2D eigenvalue weighted by Gasteiger charge is 2.30. The van der Waals surface area contributed by atoms with Crippen molar-refractivity contribution in [3.8, 4) is 11.1 Å². The number of hydrogen-bond donors (Lipinski definition) is 1. The Bertz CT molecular complexity index is 605. The predicted molar refractivity (Wildman–Crippen MR) is 69.6 cm³/mol. The van der Waals surface area contributed by atoms with Gasteiger partial charge in [-0.25, -0.2) is 4.39 Å². The van der Waals surface area contributed by atoms with Crippen molar-refractivity contribution >= 4 is 0 Å². The van der Waals surface area contributed by atoms with Gasteiger partial charge in [-0.15, -0.1) is 0 Å². The first-order chi connectivity index (χ1) is 9.41. The summed E-state index contributed by atoms with van der Waals surface area (Å²) in [5.74, 6) is -0.436. The lowest BCUT2D eigenvalue weighted by molar-refractivity contribution is -0.137. The van der Waals surface area contributed by atoms with Crippen molar-refractivity contribution in [2.75, 3.05) is 7.05 Å². The number of hydrogen-bond acceptors (Lipinski definition) is 1. The second kappa shape index (κ2) is 5.63. The average molecular weight is 283 g/mol. The summed E-state index contributed by atoms with van der Waals surface area (Å²) in [6.45, 7) is 0.370. The standard InChI is InChI=1S/C15H13F4N/c1-20-9-12-6-5-11(8-14(12)16)10-3-2-4-13(7-10)15(17,18)19/h2-8,20H,9H2,1H3. The molecule has 2 aromatic carbocycles. The summed E-state index contributed by atoms with van der Waals surface area (Å²) in [7, 11) is 1.69. The molecule has 0 aromatic heterocycles. The Kier molecular flexibility index (Phi) is 4.09. The molecule has 0 bridgehead atoms. The van der Waals surface area contributed by atoms with E-state index in [-0.39, 0.29) is 0 Å². The van der Waals surface area contributed by atoms with E-state index in [1.54, 1.807) is 19.2 Å². The first-order valence-corrected chi connectivity index (χ1v) is 6.02. The van der Waals surface area contributed by atoms with E-state index in [1.807, 2.05) is 0 Å². The molecule has 0 saturated carbocycles. The number of halogens is 4. The first kappa shape index (κ1) is 14.5. The van der Waals surface area contributed by atoms with Crippen LogP contribution >= 0.6 is 0 Å². The molecule has 0 atom stereocenters. The van der Waals surface area contributed by atoms with Crippen LogP contribution in [0.25, 0.3) is 11.1 Å². The summed E-state index contributed by atoms with van der Waals surface area (Å²) in [4.78, 5) is 0. The van der Waals surface area contributed by atoms with Crippen LogP contribution in [0.4, 0.5) is 17.6 Å². The van der Waals surface area contributed by atoms with E-state index < -0.39 is 17.6 Å². The van der Waals surface area contributed by atoms with Crippen molar-refractivity contribution in [3.63, 3.8) is 0 Å². The quantitative estimate of drug-likeness (QED) is 0.831. The molecule has 2 aromatic rings. The summed E-state index contributed by atoms with van der Waals surface area (Å²) in [5.41, 5.74) is 0.501. The Morgan fingerprint density at radius 2 is 1.70 bits per heavy atom. The molecule has 0 fully saturated rings. The van der Waals surface area contributed by atoms with E-state index in [4.69, 9.17) is 0 Å². The molecule has 0 spiro atoms. The van der Waals surface area contributed by atoms with Gasteiger partial charge in [-0.3, -0.25) is 0 Å². The van der Waals surface area contributed by atoms with Crippen LogP contribution in [0.2, 0.25) is 0 Å². The van der Waals surface area contributed by atoms with Crippen LogP contribution in [0.3, 0.4) is 0 Å². The maximum atomic E-state index is 13.8. The average Bonchev–Trinajstić information content (AvgIpc) is 2.40. The number of benzene rings is 2. The van der Waals surface area contributed by atoms with Crippen molar-refractivity contribution in [1.82, 2.24) is 5.32 Å². The zero-order valence-corrected chi connectivity index (χ0v) is 10.8. The summed E-state index contributed by atoms with van der Waals surface area (Å²) < 4.78 is 51.7. The molecule has 0 aliphatic heterocycles. The van der Waals surface area contributed by atoms with Crippen LogP contribution in [-0.2, 0) is 12.7 Å². The largest absolute Gasteiger partial charge is 0.416 e. The second-order valence-electron chi connectivity index (χ2n) is 4.42. The van der Waals surface area contributed by atoms with E-state index >= 15 is 0 Å². The van der Waals surface area contributed by atoms with Gasteiger partial charge in [-0.1, -0.05) is 24.3 Å². The lowest BCUT2D eigenvalue weighted by Crippen LogP contribution is -2.07. The Morgan fingerprint density at radius 3 is 2.30 bits per heavy atom. The van der Waals surface area contributed by atoms with E-state index in [0.29, 0.717) is 23.2 Å². The smallest absolute Gasteiger partial charge is 0.316 e. The van der Waals surface area contributed by atoms with Crippen molar-refractivity contribution in [2.45, 2.75) is 12.7 Å². The molecule has 2 rings (SSSR count). The number of alkyl halides is 3. The zero-order valence-electron chi connectivity index (χ0n) is 10.8. The summed E-state index contributed by atoms with van der Waals surface area (Å²) >= 11 is 0. The lowest BCUT2D eigenvalue weighted by Gasteiger charge is -2.10. The van der Waals surface area contributed by atoms with Crippen molar-refractivity contribution < 1.29 is 17.6 Å². The fourth-order valence-electron chi connectivity index (χ4n) is 1.94. The van der Waals surface area contributed by atoms with Gasteiger partial charge < -0.3 is 5.32 Å². The zero-order chi connectivity index (χ0) is 14.8. The van der Waals surface area contributed by atoms with Crippen LogP contribution in [0, 0.1) is 5.82 Å². The van der Waals surface area contributed by atoms with Crippen molar-refractivity contribution in [1.29, 1.82) is 0 Å². The van der Waals surface area contributed by atoms with Crippen LogP contribution in [0.5, 0.6) is 0 Å². The number of rotatable bonds is 3. The lowest BCUT2D eigenvalue weighted by atomic mass is 10.0. The van der Waals surface area contributed by atoms with E-state index in [9.17, 15) is 17.6 Å². The van der Waals surface area contributed by atoms with Gasteiger partial charge in [0.2, 0.25) is 0 Å². The van der Waals surface area contributed by atoms with Gasteiger partial charge in [0.05, 0.1) is 5.56 Å². The van der Waals surface area contributed by atoms with Crippen LogP contribution in [-0.4, -0.2) is 7.05 Å². The van der Waals surface area contributed by atoms with Crippen LogP contribution in [0.15, 0.2) is 42.5 Å². The normalized spacial score (nSPS) is 11.7. The second-order valence-corrected chi connectivity index (χ2v) is 4.42. The van der Waals surface area contributed by atoms with Gasteiger partial charge >= 0.3 is 6.18 Å². The molecular formula is C15H13F4N. The third-order valence-corrected chi connectivity index (χ3v) is 2.94. The van der Waals surface area contributed by atoms with Crippen LogP contribution < -0.4 is 5.32 Å². The summed E-state index contributed by atoms with van der Waals surface area (Å²) in [6.07, 6.45) is -4.40. The molecule has 20 heavy (non-hydrogen) atoms. The van der Waals surface area contributed by atoms with E-state index in [1.165, 1.54) is 18.2 Å². The highest BCUT2D eigenvalue weighted by molar-refractivity contribution is 5.64. The maximum absolute atomic E-state index is 13.8. The van der Waals surface area contributed by atoms with Crippen molar-refractivity contribution in [3.05, 3.63) is 59.4 Å². The molecule has 0 radical (unpaired) electrons. The van der Waals surface area contributed by atoms with E-state index in [0.717, 1.165) is 12.1 Å². The third-order valence-electron chi connectivity index (χ3n) is 2.94. The minimum Gasteiger partial charge on any atom is -0.316 e. The summed E-state index contributed by atoms with van der Waals surface area (Å²) in [5, 5.41) is 2.82. The fraction of sp³-hybridized carbons (Fsp3) is 0.200. The van der Waals surface area contributed by atoms with E-state index in [2.05, 4.69) is 5.32 Å². The Morgan fingerprint density at radius 1 is 1.00 bits per heavy atom. The predicted octanol–water partition coefficient (Wildman–Crippen LogP) is 4.23. The number of nitrogens with one attached hydrogen (secondary N) is 1. The highest BCUT2D eigenvalue weighted by Crippen LogP contribution is 2.32. The fourth-order valence-corrected chi connectivity index (χ4v) is 1.94. The van der Waals surface area contributed by atoms with Gasteiger partial charge in [-0.05, 0) is 36.4 Å². The van der Waals surface area contributed by atoms with Gasteiger partial charge in [0.1, 0.15) is 5.82 Å². The maximum Gasteiger partial charge on any atom is 0.416 e. The molecule has 0 saturated heterocycles. The highest BCUT2D eigenvalue weighted by atomic mass is 19.4. The van der Waals surface area contributed by atoms with Crippen molar-refractivity contribution in [2.24, 2.45) is 0 Å². The monoisotopic (exact) mass is 283 g/mol. The minimum atomic E-state index is -4.40. The molecule has 5 heteroatoms. The topological polar surface area (TPSA) is 12.0 Å². The van der Waals surface area contributed by atoms with Gasteiger partial charge in [0, 0.05) is 12.1 Å². The Balaban J connectivity index is 2.39. The van der Waals surface area contributed by atoms with Gasteiger partial charge in [0.15, 0.2) is 0 Å². The molecule has 0 heterocycles. The van der Waals surface area contributed by atoms with Gasteiger partial charge in [-0.2, -0.15) is 13.2 Å². The molecular weight excluding hydrogens is 270 g/mol. The molecule has 0 aliphatic rings. The molecule has 0 unspecified atom stereocenters. The molecule has 1 nitrogen and oxygen atoms in total. The van der Waals surface area contributed by atoms with Crippen LogP contribution in [0.1, 0.15) is 11.1 Å². The SMILES string of the molecule is CNCc1ccc(-c2cccc(C(F)(F)F)c2)cc1F. The molecule has 106 valence electrons. The molecule has 1 N–H and O–H groups in total. The third kappa shape index (κ3) is 3.17. The first-order valence-electron chi connectivity index (χ1n) is 6.02. The Labute approximate surface area is 114 Å². The Hall–Kier alpha value is -1.88. The summed E-state index contributed by atoms with van der Waals surface area (Å²) in [6, 6.07) is 9.30. The molecule has 0 amide bonds. The minimum absolute atomic E-state index is 0.342.